The number of allylic oxidation sites excluding steroid dienone is 3. The Morgan fingerprint density at radius 3 is 2.78 bits per heavy atom. The number of hydrogen-bond donors (Lipinski definition) is 0. The summed E-state index contributed by atoms with van der Waals surface area (Å²) in [5.74, 6) is 0.482. The molecule has 18 heavy (non-hydrogen) atoms. The third kappa shape index (κ3) is 1.93. The molecule has 1 aromatic rings. The van der Waals surface area contributed by atoms with Crippen molar-refractivity contribution in [3.05, 3.63) is 59.2 Å². The smallest absolute Gasteiger partial charge is 0.146 e. The fraction of sp³-hybridized carbons (Fsp3) is 0.312. The number of fused-ring (bicyclic) bond motifs is 1. The summed E-state index contributed by atoms with van der Waals surface area (Å²) >= 11 is 0. The van der Waals surface area contributed by atoms with Gasteiger partial charge < -0.3 is 4.74 Å². The Labute approximate surface area is 107 Å². The molecule has 2 atom stereocenters. The molecule has 0 aromatic heterocycles. The van der Waals surface area contributed by atoms with Crippen LogP contribution in [-0.2, 0) is 9.53 Å². The molecule has 0 amide bonds. The number of carbonyl (C=O) groups excluding carboxylic acids is 1. The standard InChI is InChI=1S/C16H16O2/c17-10-14-7-6-12-8-9-18-11-15(12)16(14)13-4-2-1-3-5-13/h1-7,10,15-16H,8-9,11H2/t15-,16-/m1/s1. The fourth-order valence-corrected chi connectivity index (χ4v) is 2.95. The second kappa shape index (κ2) is 4.91. The molecule has 1 aliphatic heterocycles. The molecule has 2 aliphatic rings. The van der Waals surface area contributed by atoms with Crippen molar-refractivity contribution in [3.63, 3.8) is 0 Å². The molecule has 0 unspecified atom stereocenters. The van der Waals surface area contributed by atoms with E-state index in [1.54, 1.807) is 0 Å². The summed E-state index contributed by atoms with van der Waals surface area (Å²) in [5, 5.41) is 0. The van der Waals surface area contributed by atoms with Gasteiger partial charge in [0.05, 0.1) is 13.2 Å². The van der Waals surface area contributed by atoms with Crippen molar-refractivity contribution >= 4 is 6.29 Å². The maximum Gasteiger partial charge on any atom is 0.146 e. The first-order chi connectivity index (χ1) is 8.90. The van der Waals surface area contributed by atoms with E-state index in [4.69, 9.17) is 4.74 Å². The van der Waals surface area contributed by atoms with Crippen LogP contribution in [0.5, 0.6) is 0 Å². The number of aldehydes is 1. The molecule has 0 radical (unpaired) electrons. The molecular formula is C16H16O2. The van der Waals surface area contributed by atoms with Crippen molar-refractivity contribution in [2.75, 3.05) is 13.2 Å². The van der Waals surface area contributed by atoms with E-state index >= 15 is 0 Å². The highest BCUT2D eigenvalue weighted by Crippen LogP contribution is 2.41. The second-order valence-electron chi connectivity index (χ2n) is 4.85. The van der Waals surface area contributed by atoms with Crippen molar-refractivity contribution in [1.82, 2.24) is 0 Å². The molecule has 1 saturated heterocycles. The highest BCUT2D eigenvalue weighted by atomic mass is 16.5. The molecule has 1 aliphatic carbocycles. The van der Waals surface area contributed by atoms with Gasteiger partial charge >= 0.3 is 0 Å². The monoisotopic (exact) mass is 240 g/mol. The van der Waals surface area contributed by atoms with Gasteiger partial charge in [-0.25, -0.2) is 0 Å². The highest BCUT2D eigenvalue weighted by molar-refractivity contribution is 5.78. The average Bonchev–Trinajstić information content (AvgIpc) is 2.47. The summed E-state index contributed by atoms with van der Waals surface area (Å²) in [6.45, 7) is 1.52. The van der Waals surface area contributed by atoms with E-state index < -0.39 is 0 Å². The molecule has 2 heteroatoms. The van der Waals surface area contributed by atoms with Gasteiger partial charge in [0.2, 0.25) is 0 Å². The van der Waals surface area contributed by atoms with Crippen LogP contribution in [0.2, 0.25) is 0 Å². The van der Waals surface area contributed by atoms with Crippen LogP contribution >= 0.6 is 0 Å². The van der Waals surface area contributed by atoms with Gasteiger partial charge in [-0.1, -0.05) is 48.1 Å². The lowest BCUT2D eigenvalue weighted by Crippen LogP contribution is -2.29. The zero-order valence-electron chi connectivity index (χ0n) is 10.2. The van der Waals surface area contributed by atoms with Gasteiger partial charge in [0, 0.05) is 17.4 Å². The maximum absolute atomic E-state index is 11.3. The number of ether oxygens (including phenoxy) is 1. The SMILES string of the molecule is O=CC1=CC=C2CCOC[C@H]2[C@@H]1c1ccccc1. The third-order valence-corrected chi connectivity index (χ3v) is 3.85. The van der Waals surface area contributed by atoms with Crippen LogP contribution in [0.4, 0.5) is 0 Å². The van der Waals surface area contributed by atoms with Crippen LogP contribution in [0.15, 0.2) is 53.6 Å². The van der Waals surface area contributed by atoms with Crippen LogP contribution in [0.1, 0.15) is 17.9 Å². The van der Waals surface area contributed by atoms with Crippen LogP contribution in [-0.4, -0.2) is 19.5 Å². The predicted octanol–water partition coefficient (Wildman–Crippen LogP) is 2.87. The second-order valence-corrected chi connectivity index (χ2v) is 4.85. The first-order valence-electron chi connectivity index (χ1n) is 6.38. The van der Waals surface area contributed by atoms with Crippen molar-refractivity contribution in [1.29, 1.82) is 0 Å². The number of carbonyl (C=O) groups is 1. The Kier molecular flexibility index (Phi) is 3.11. The minimum absolute atomic E-state index is 0.156. The zero-order valence-corrected chi connectivity index (χ0v) is 10.2. The minimum Gasteiger partial charge on any atom is -0.380 e. The van der Waals surface area contributed by atoms with Crippen LogP contribution < -0.4 is 0 Å². The first kappa shape index (κ1) is 11.4. The van der Waals surface area contributed by atoms with Crippen molar-refractivity contribution in [2.45, 2.75) is 12.3 Å². The quantitative estimate of drug-likeness (QED) is 0.743. The summed E-state index contributed by atoms with van der Waals surface area (Å²) in [6, 6.07) is 10.3. The average molecular weight is 240 g/mol. The molecule has 1 aromatic carbocycles. The third-order valence-electron chi connectivity index (χ3n) is 3.85. The lowest BCUT2D eigenvalue weighted by atomic mass is 9.73. The van der Waals surface area contributed by atoms with E-state index in [-0.39, 0.29) is 5.92 Å². The predicted molar refractivity (Wildman–Crippen MR) is 70.3 cm³/mol. The zero-order chi connectivity index (χ0) is 12.4. The molecule has 92 valence electrons. The first-order valence-corrected chi connectivity index (χ1v) is 6.38. The topological polar surface area (TPSA) is 26.3 Å². The van der Waals surface area contributed by atoms with Crippen molar-refractivity contribution in [3.8, 4) is 0 Å². The van der Waals surface area contributed by atoms with E-state index in [1.807, 2.05) is 24.3 Å². The van der Waals surface area contributed by atoms with Crippen LogP contribution in [0.3, 0.4) is 0 Å². The van der Waals surface area contributed by atoms with E-state index in [1.165, 1.54) is 11.1 Å². The Morgan fingerprint density at radius 1 is 1.17 bits per heavy atom. The molecule has 1 fully saturated rings. The Hall–Kier alpha value is -1.67. The Morgan fingerprint density at radius 2 is 2.00 bits per heavy atom. The highest BCUT2D eigenvalue weighted by Gasteiger charge is 2.33. The lowest BCUT2D eigenvalue weighted by molar-refractivity contribution is -0.105. The van der Waals surface area contributed by atoms with E-state index in [2.05, 4.69) is 18.2 Å². The lowest BCUT2D eigenvalue weighted by Gasteiger charge is -2.35. The van der Waals surface area contributed by atoms with Crippen LogP contribution in [0, 0.1) is 5.92 Å². The van der Waals surface area contributed by atoms with Gasteiger partial charge in [-0.05, 0) is 12.0 Å². The van der Waals surface area contributed by atoms with E-state index in [0.29, 0.717) is 5.92 Å². The van der Waals surface area contributed by atoms with Crippen molar-refractivity contribution < 1.29 is 9.53 Å². The Bertz CT molecular complexity index is 499. The summed E-state index contributed by atoms with van der Waals surface area (Å²) < 4.78 is 5.60. The molecular weight excluding hydrogens is 224 g/mol. The fourth-order valence-electron chi connectivity index (χ4n) is 2.95. The Balaban J connectivity index is 2.02. The molecule has 0 saturated carbocycles. The summed E-state index contributed by atoms with van der Waals surface area (Å²) in [4.78, 5) is 11.3. The number of rotatable bonds is 2. The molecule has 0 bridgehead atoms. The van der Waals surface area contributed by atoms with Gasteiger partial charge in [0.1, 0.15) is 6.29 Å². The summed E-state index contributed by atoms with van der Waals surface area (Å²) in [6.07, 6.45) is 6.05. The van der Waals surface area contributed by atoms with Gasteiger partial charge in [-0.15, -0.1) is 0 Å². The molecule has 3 rings (SSSR count). The number of benzene rings is 1. The normalized spacial score (nSPS) is 26.9. The number of hydrogen-bond acceptors (Lipinski definition) is 2. The van der Waals surface area contributed by atoms with Crippen molar-refractivity contribution in [2.24, 2.45) is 5.92 Å². The van der Waals surface area contributed by atoms with Crippen LogP contribution in [0.25, 0.3) is 0 Å². The minimum atomic E-state index is 0.156. The largest absolute Gasteiger partial charge is 0.380 e. The van der Waals surface area contributed by atoms with Gasteiger partial charge in [0.15, 0.2) is 0 Å². The van der Waals surface area contributed by atoms with Gasteiger partial charge in [-0.2, -0.15) is 0 Å². The van der Waals surface area contributed by atoms with Gasteiger partial charge in [0.25, 0.3) is 0 Å². The molecule has 1 heterocycles. The summed E-state index contributed by atoms with van der Waals surface area (Å²) in [7, 11) is 0. The molecule has 0 N–H and O–H groups in total. The maximum atomic E-state index is 11.3. The molecule has 2 nitrogen and oxygen atoms in total. The summed E-state index contributed by atoms with van der Waals surface area (Å²) in [5.41, 5.74) is 3.48. The van der Waals surface area contributed by atoms with E-state index in [9.17, 15) is 4.79 Å². The molecule has 0 spiro atoms. The van der Waals surface area contributed by atoms with E-state index in [0.717, 1.165) is 31.5 Å². The van der Waals surface area contributed by atoms with Gasteiger partial charge in [-0.3, -0.25) is 4.79 Å².